The van der Waals surface area contributed by atoms with E-state index in [0.29, 0.717) is 23.1 Å². The molecule has 7 heteroatoms. The summed E-state index contributed by atoms with van der Waals surface area (Å²) in [5.74, 6) is 0. The van der Waals surface area contributed by atoms with Crippen LogP contribution in [0.2, 0.25) is 0 Å². The van der Waals surface area contributed by atoms with Gasteiger partial charge in [-0.25, -0.2) is 8.42 Å². The molecule has 0 aromatic heterocycles. The Hall–Kier alpha value is -1.18. The van der Waals surface area contributed by atoms with Crippen molar-refractivity contribution in [3.8, 4) is 0 Å². The van der Waals surface area contributed by atoms with Gasteiger partial charge in [-0.2, -0.15) is 4.31 Å². The fraction of sp³-hybridized carbons (Fsp3) is 0.500. The SMILES string of the molecule is CCN(CC)S(=O)(=O)c1ccc(NC(=S)NC(C)C)cc1. The Labute approximate surface area is 132 Å². The van der Waals surface area contributed by atoms with E-state index in [0.717, 1.165) is 5.69 Å². The molecule has 118 valence electrons. The van der Waals surface area contributed by atoms with E-state index < -0.39 is 10.0 Å². The maximum absolute atomic E-state index is 12.3. The van der Waals surface area contributed by atoms with Gasteiger partial charge in [0.2, 0.25) is 10.0 Å². The molecule has 0 aliphatic carbocycles. The Morgan fingerprint density at radius 1 is 1.19 bits per heavy atom. The van der Waals surface area contributed by atoms with Gasteiger partial charge in [0.05, 0.1) is 4.90 Å². The summed E-state index contributed by atoms with van der Waals surface area (Å²) < 4.78 is 26.1. The summed E-state index contributed by atoms with van der Waals surface area (Å²) in [5.41, 5.74) is 0.756. The van der Waals surface area contributed by atoms with Crippen LogP contribution in [0.4, 0.5) is 5.69 Å². The van der Waals surface area contributed by atoms with Crippen LogP contribution in [-0.2, 0) is 10.0 Å². The summed E-state index contributed by atoms with van der Waals surface area (Å²) in [6.07, 6.45) is 0. The first-order chi connectivity index (χ1) is 9.81. The molecule has 0 bridgehead atoms. The predicted octanol–water partition coefficient (Wildman–Crippen LogP) is 2.41. The van der Waals surface area contributed by atoms with Crippen LogP contribution in [0.3, 0.4) is 0 Å². The monoisotopic (exact) mass is 329 g/mol. The highest BCUT2D eigenvalue weighted by molar-refractivity contribution is 7.89. The molecule has 0 radical (unpaired) electrons. The molecular weight excluding hydrogens is 306 g/mol. The third-order valence-corrected chi connectivity index (χ3v) is 5.16. The van der Waals surface area contributed by atoms with E-state index >= 15 is 0 Å². The van der Waals surface area contributed by atoms with Gasteiger partial charge in [0.15, 0.2) is 5.11 Å². The molecule has 2 N–H and O–H groups in total. The van der Waals surface area contributed by atoms with Crippen LogP contribution in [0.15, 0.2) is 29.2 Å². The van der Waals surface area contributed by atoms with Crippen molar-refractivity contribution in [2.75, 3.05) is 18.4 Å². The number of rotatable bonds is 6. The second kappa shape index (κ2) is 7.72. The molecule has 0 aliphatic heterocycles. The van der Waals surface area contributed by atoms with Gasteiger partial charge in [0.25, 0.3) is 0 Å². The quantitative estimate of drug-likeness (QED) is 0.785. The first-order valence-corrected chi connectivity index (χ1v) is 8.83. The Kier molecular flexibility index (Phi) is 6.57. The molecule has 0 heterocycles. The zero-order valence-corrected chi connectivity index (χ0v) is 14.5. The van der Waals surface area contributed by atoms with Crippen LogP contribution in [-0.4, -0.2) is 37.0 Å². The van der Waals surface area contributed by atoms with Crippen LogP contribution in [0, 0.1) is 0 Å². The molecule has 0 spiro atoms. The topological polar surface area (TPSA) is 61.4 Å². The van der Waals surface area contributed by atoms with E-state index in [1.165, 1.54) is 4.31 Å². The summed E-state index contributed by atoms with van der Waals surface area (Å²) in [7, 11) is -3.41. The number of hydrogen-bond acceptors (Lipinski definition) is 3. The Morgan fingerprint density at radius 2 is 1.71 bits per heavy atom. The molecule has 1 rings (SSSR count). The van der Waals surface area contributed by atoms with E-state index in [4.69, 9.17) is 12.2 Å². The molecule has 0 fully saturated rings. The van der Waals surface area contributed by atoms with Crippen molar-refractivity contribution in [1.29, 1.82) is 0 Å². The average Bonchev–Trinajstić information content (AvgIpc) is 2.39. The van der Waals surface area contributed by atoms with E-state index in [9.17, 15) is 8.42 Å². The fourth-order valence-corrected chi connectivity index (χ4v) is 3.66. The lowest BCUT2D eigenvalue weighted by Crippen LogP contribution is -2.34. The molecule has 1 aromatic carbocycles. The molecule has 21 heavy (non-hydrogen) atoms. The van der Waals surface area contributed by atoms with Crippen LogP contribution in [0.5, 0.6) is 0 Å². The molecule has 0 aliphatic rings. The number of sulfonamides is 1. The molecule has 0 saturated heterocycles. The number of benzene rings is 1. The maximum atomic E-state index is 12.3. The van der Waals surface area contributed by atoms with Crippen molar-refractivity contribution in [2.45, 2.75) is 38.6 Å². The lowest BCUT2D eigenvalue weighted by atomic mass is 10.3. The van der Waals surface area contributed by atoms with Gasteiger partial charge >= 0.3 is 0 Å². The number of anilines is 1. The average molecular weight is 329 g/mol. The number of nitrogens with zero attached hydrogens (tertiary/aromatic N) is 1. The standard InChI is InChI=1S/C14H23N3O2S2/c1-5-17(6-2)21(18,19)13-9-7-12(8-10-13)16-14(20)15-11(3)4/h7-11H,5-6H2,1-4H3,(H2,15,16,20). The van der Waals surface area contributed by atoms with Crippen LogP contribution in [0.25, 0.3) is 0 Å². The van der Waals surface area contributed by atoms with Gasteiger partial charge < -0.3 is 10.6 Å². The highest BCUT2D eigenvalue weighted by Gasteiger charge is 2.21. The predicted molar refractivity (Wildman–Crippen MR) is 91.0 cm³/mol. The van der Waals surface area contributed by atoms with Gasteiger partial charge in [-0.1, -0.05) is 13.8 Å². The molecule has 0 atom stereocenters. The van der Waals surface area contributed by atoms with Crippen LogP contribution in [0.1, 0.15) is 27.7 Å². The zero-order valence-electron chi connectivity index (χ0n) is 12.9. The minimum atomic E-state index is -3.41. The van der Waals surface area contributed by atoms with E-state index in [-0.39, 0.29) is 6.04 Å². The molecule has 0 saturated carbocycles. The van der Waals surface area contributed by atoms with E-state index in [1.807, 2.05) is 27.7 Å². The highest BCUT2D eigenvalue weighted by Crippen LogP contribution is 2.18. The van der Waals surface area contributed by atoms with Crippen molar-refractivity contribution < 1.29 is 8.42 Å². The lowest BCUT2D eigenvalue weighted by Gasteiger charge is -2.18. The van der Waals surface area contributed by atoms with Gasteiger partial charge in [0.1, 0.15) is 0 Å². The molecule has 0 unspecified atom stereocenters. The van der Waals surface area contributed by atoms with Gasteiger partial charge in [-0.3, -0.25) is 0 Å². The van der Waals surface area contributed by atoms with Gasteiger partial charge in [-0.15, -0.1) is 0 Å². The Morgan fingerprint density at radius 3 is 2.14 bits per heavy atom. The van der Waals surface area contributed by atoms with Gasteiger partial charge in [0, 0.05) is 24.8 Å². The second-order valence-corrected chi connectivity index (χ2v) is 7.21. The van der Waals surface area contributed by atoms with Crippen LogP contribution >= 0.6 is 12.2 Å². The number of nitrogens with one attached hydrogen (secondary N) is 2. The van der Waals surface area contributed by atoms with Crippen LogP contribution < -0.4 is 10.6 Å². The zero-order chi connectivity index (χ0) is 16.0. The minimum Gasteiger partial charge on any atom is -0.360 e. The van der Waals surface area contributed by atoms with E-state index in [1.54, 1.807) is 24.3 Å². The van der Waals surface area contributed by atoms with Crippen molar-refractivity contribution in [3.63, 3.8) is 0 Å². The van der Waals surface area contributed by atoms with Crippen molar-refractivity contribution >= 4 is 33.0 Å². The summed E-state index contributed by atoms with van der Waals surface area (Å²) in [6, 6.07) is 6.85. The van der Waals surface area contributed by atoms with E-state index in [2.05, 4.69) is 10.6 Å². The summed E-state index contributed by atoms with van der Waals surface area (Å²) in [6.45, 7) is 8.56. The molecular formula is C14H23N3O2S2. The minimum absolute atomic E-state index is 0.243. The Bertz CT molecular complexity index is 564. The van der Waals surface area contributed by atoms with Crippen molar-refractivity contribution in [1.82, 2.24) is 9.62 Å². The molecule has 1 aromatic rings. The fourth-order valence-electron chi connectivity index (χ4n) is 1.85. The third-order valence-electron chi connectivity index (χ3n) is 2.88. The largest absolute Gasteiger partial charge is 0.360 e. The first kappa shape index (κ1) is 17.9. The maximum Gasteiger partial charge on any atom is 0.243 e. The smallest absolute Gasteiger partial charge is 0.243 e. The molecule has 5 nitrogen and oxygen atoms in total. The first-order valence-electron chi connectivity index (χ1n) is 6.99. The number of thiocarbonyl (C=S) groups is 1. The summed E-state index contributed by atoms with van der Waals surface area (Å²) in [4.78, 5) is 0.291. The van der Waals surface area contributed by atoms with Gasteiger partial charge in [-0.05, 0) is 50.3 Å². The Balaban J connectivity index is 2.85. The lowest BCUT2D eigenvalue weighted by molar-refractivity contribution is 0.445. The number of hydrogen-bond donors (Lipinski definition) is 2. The van der Waals surface area contributed by atoms with Crippen molar-refractivity contribution in [3.05, 3.63) is 24.3 Å². The molecule has 0 amide bonds. The summed E-state index contributed by atoms with van der Waals surface area (Å²) in [5, 5.41) is 6.61. The normalized spacial score (nSPS) is 11.7. The van der Waals surface area contributed by atoms with Crippen molar-refractivity contribution in [2.24, 2.45) is 0 Å². The second-order valence-electron chi connectivity index (χ2n) is 4.87. The summed E-state index contributed by atoms with van der Waals surface area (Å²) >= 11 is 5.15. The highest BCUT2D eigenvalue weighted by atomic mass is 32.2. The third kappa shape index (κ3) is 4.94.